The zero-order chi connectivity index (χ0) is 18.3. The molecule has 0 radical (unpaired) electrons. The van der Waals surface area contributed by atoms with Gasteiger partial charge in [-0.3, -0.25) is 8.98 Å². The Labute approximate surface area is 153 Å². The maximum Gasteiger partial charge on any atom is 0.297 e. The molecule has 3 atom stereocenters. The summed E-state index contributed by atoms with van der Waals surface area (Å²) < 4.78 is 30.7. The SMILES string of the molecule is Cc1ccc(S(=O)(=O)OC2CC3CC2N(Cc2ccccc2)C3=O)cc1. The quantitative estimate of drug-likeness (QED) is 0.758. The molecule has 0 aromatic heterocycles. The number of hydrogen-bond donors (Lipinski definition) is 0. The molecule has 2 aromatic carbocycles. The van der Waals surface area contributed by atoms with Crippen LogP contribution in [0.3, 0.4) is 0 Å². The van der Waals surface area contributed by atoms with Crippen LogP contribution < -0.4 is 0 Å². The molecule has 136 valence electrons. The maximum absolute atomic E-state index is 12.6. The van der Waals surface area contributed by atoms with Gasteiger partial charge in [-0.05, 0) is 37.5 Å². The molecule has 1 aliphatic carbocycles. The van der Waals surface area contributed by atoms with Gasteiger partial charge in [-0.15, -0.1) is 0 Å². The van der Waals surface area contributed by atoms with Gasteiger partial charge in [-0.2, -0.15) is 8.42 Å². The van der Waals surface area contributed by atoms with Gasteiger partial charge in [0.25, 0.3) is 10.1 Å². The van der Waals surface area contributed by atoms with Crippen LogP contribution >= 0.6 is 0 Å². The van der Waals surface area contributed by atoms with Gasteiger partial charge in [0.05, 0.1) is 17.0 Å². The molecule has 1 heterocycles. The van der Waals surface area contributed by atoms with E-state index in [-0.39, 0.29) is 22.8 Å². The van der Waals surface area contributed by atoms with E-state index in [2.05, 4.69) is 0 Å². The topological polar surface area (TPSA) is 63.7 Å². The Kier molecular flexibility index (Phi) is 4.32. The van der Waals surface area contributed by atoms with Gasteiger partial charge in [0.1, 0.15) is 0 Å². The molecule has 2 fully saturated rings. The number of carbonyl (C=O) groups excluding carboxylic acids is 1. The Morgan fingerprint density at radius 3 is 2.38 bits per heavy atom. The summed E-state index contributed by atoms with van der Waals surface area (Å²) in [6.45, 7) is 2.39. The zero-order valence-electron chi connectivity index (χ0n) is 14.5. The van der Waals surface area contributed by atoms with Gasteiger partial charge in [0, 0.05) is 12.5 Å². The van der Waals surface area contributed by atoms with Gasteiger partial charge in [0.2, 0.25) is 5.91 Å². The summed E-state index contributed by atoms with van der Waals surface area (Å²) in [5.41, 5.74) is 2.03. The highest BCUT2D eigenvalue weighted by atomic mass is 32.2. The van der Waals surface area contributed by atoms with E-state index in [1.54, 1.807) is 29.2 Å². The van der Waals surface area contributed by atoms with Crippen LogP contribution in [0.25, 0.3) is 0 Å². The second-order valence-electron chi connectivity index (χ2n) is 7.09. The van der Waals surface area contributed by atoms with E-state index in [1.807, 2.05) is 37.3 Å². The van der Waals surface area contributed by atoms with Crippen molar-refractivity contribution in [2.24, 2.45) is 5.92 Å². The number of amides is 1. The fraction of sp³-hybridized carbons (Fsp3) is 0.350. The van der Waals surface area contributed by atoms with E-state index in [0.717, 1.165) is 11.1 Å². The average Bonchev–Trinajstić information content (AvgIpc) is 3.15. The monoisotopic (exact) mass is 371 g/mol. The van der Waals surface area contributed by atoms with Crippen LogP contribution in [0, 0.1) is 12.8 Å². The van der Waals surface area contributed by atoms with Gasteiger partial charge in [-0.25, -0.2) is 0 Å². The lowest BCUT2D eigenvalue weighted by molar-refractivity contribution is -0.137. The summed E-state index contributed by atoms with van der Waals surface area (Å²) in [6.07, 6.45) is 0.660. The first-order valence-corrected chi connectivity index (χ1v) is 10.2. The Balaban J connectivity index is 1.52. The smallest absolute Gasteiger partial charge is 0.297 e. The number of fused-ring (bicyclic) bond motifs is 2. The highest BCUT2D eigenvalue weighted by Crippen LogP contribution is 2.42. The lowest BCUT2D eigenvalue weighted by Gasteiger charge is -2.32. The molecule has 0 spiro atoms. The van der Waals surface area contributed by atoms with Crippen molar-refractivity contribution in [3.05, 3.63) is 65.7 Å². The minimum Gasteiger partial charge on any atom is -0.332 e. The average molecular weight is 371 g/mol. The van der Waals surface area contributed by atoms with E-state index in [1.165, 1.54) is 0 Å². The summed E-state index contributed by atoms with van der Waals surface area (Å²) >= 11 is 0. The van der Waals surface area contributed by atoms with Gasteiger partial charge in [0.15, 0.2) is 0 Å². The maximum atomic E-state index is 12.6. The van der Waals surface area contributed by atoms with Crippen molar-refractivity contribution in [3.63, 3.8) is 0 Å². The normalized spacial score (nSPS) is 25.0. The fourth-order valence-electron chi connectivity index (χ4n) is 3.91. The standard InChI is InChI=1S/C20H21NO4S/c1-14-7-9-17(10-8-14)26(23,24)25-19-12-16-11-18(19)21(20(16)22)13-15-5-3-2-4-6-15/h2-10,16,18-19H,11-13H2,1H3. The van der Waals surface area contributed by atoms with Crippen molar-refractivity contribution in [3.8, 4) is 0 Å². The van der Waals surface area contributed by atoms with E-state index in [9.17, 15) is 13.2 Å². The number of rotatable bonds is 5. The molecule has 2 aliphatic rings. The summed E-state index contributed by atoms with van der Waals surface area (Å²) in [4.78, 5) is 14.4. The number of piperidine rings is 1. The van der Waals surface area contributed by atoms with Gasteiger partial charge >= 0.3 is 0 Å². The molecule has 2 aromatic rings. The first kappa shape index (κ1) is 17.2. The van der Waals surface area contributed by atoms with E-state index < -0.39 is 16.2 Å². The van der Waals surface area contributed by atoms with Gasteiger partial charge < -0.3 is 4.90 Å². The van der Waals surface area contributed by atoms with Crippen molar-refractivity contribution >= 4 is 16.0 Å². The highest BCUT2D eigenvalue weighted by molar-refractivity contribution is 7.86. The summed E-state index contributed by atoms with van der Waals surface area (Å²) in [5.74, 6) is -0.0339. The number of likely N-dealkylation sites (tertiary alicyclic amines) is 1. The van der Waals surface area contributed by atoms with Crippen molar-refractivity contribution < 1.29 is 17.4 Å². The second-order valence-corrected chi connectivity index (χ2v) is 8.66. The number of nitrogens with zero attached hydrogens (tertiary/aromatic N) is 1. The Morgan fingerprint density at radius 1 is 1.04 bits per heavy atom. The van der Waals surface area contributed by atoms with Crippen LogP contribution in [0.5, 0.6) is 0 Å². The minimum atomic E-state index is -3.83. The predicted octanol–water partition coefficient (Wildman–Crippen LogP) is 2.89. The first-order valence-electron chi connectivity index (χ1n) is 8.78. The molecule has 1 saturated heterocycles. The van der Waals surface area contributed by atoms with Crippen molar-refractivity contribution in [1.29, 1.82) is 0 Å². The molecule has 4 rings (SSSR count). The Bertz CT molecular complexity index is 909. The lowest BCUT2D eigenvalue weighted by Crippen LogP contribution is -2.45. The predicted molar refractivity (Wildman–Crippen MR) is 96.7 cm³/mol. The van der Waals surface area contributed by atoms with E-state index >= 15 is 0 Å². The van der Waals surface area contributed by atoms with Crippen molar-refractivity contribution in [2.75, 3.05) is 0 Å². The van der Waals surface area contributed by atoms with Crippen LogP contribution in [-0.4, -0.2) is 31.4 Å². The molecule has 0 N–H and O–H groups in total. The number of aryl methyl sites for hydroxylation is 1. The molecule has 26 heavy (non-hydrogen) atoms. The van der Waals surface area contributed by atoms with E-state index in [0.29, 0.717) is 19.4 Å². The molecular weight excluding hydrogens is 350 g/mol. The fourth-order valence-corrected chi connectivity index (χ4v) is 5.02. The molecule has 1 saturated carbocycles. The third kappa shape index (κ3) is 3.15. The number of hydrogen-bond acceptors (Lipinski definition) is 4. The van der Waals surface area contributed by atoms with Crippen molar-refractivity contribution in [1.82, 2.24) is 4.90 Å². The summed E-state index contributed by atoms with van der Waals surface area (Å²) in [6, 6.07) is 16.2. The highest BCUT2D eigenvalue weighted by Gasteiger charge is 2.52. The molecule has 2 bridgehead atoms. The Hall–Kier alpha value is -2.18. The summed E-state index contributed by atoms with van der Waals surface area (Å²) in [5, 5.41) is 0. The van der Waals surface area contributed by atoms with E-state index in [4.69, 9.17) is 4.18 Å². The molecule has 1 aliphatic heterocycles. The second kappa shape index (κ2) is 6.52. The van der Waals surface area contributed by atoms with Crippen molar-refractivity contribution in [2.45, 2.75) is 43.4 Å². The Morgan fingerprint density at radius 2 is 1.73 bits per heavy atom. The minimum absolute atomic E-state index is 0.103. The molecule has 3 unspecified atom stereocenters. The third-order valence-corrected chi connectivity index (χ3v) is 6.61. The van der Waals surface area contributed by atoms with Gasteiger partial charge in [-0.1, -0.05) is 48.0 Å². The molecule has 1 amide bonds. The largest absolute Gasteiger partial charge is 0.332 e. The van der Waals surface area contributed by atoms with Crippen LogP contribution in [0.15, 0.2) is 59.5 Å². The third-order valence-electron chi connectivity index (χ3n) is 5.26. The van der Waals surface area contributed by atoms with Crippen LogP contribution in [0.1, 0.15) is 24.0 Å². The number of carbonyl (C=O) groups is 1. The van der Waals surface area contributed by atoms with Crippen LogP contribution in [0.4, 0.5) is 0 Å². The molecular formula is C20H21NO4S. The van der Waals surface area contributed by atoms with Crippen LogP contribution in [-0.2, 0) is 25.6 Å². The number of benzene rings is 2. The molecule has 6 heteroatoms. The lowest BCUT2D eigenvalue weighted by atomic mass is 10.1. The van der Waals surface area contributed by atoms with Crippen LogP contribution in [0.2, 0.25) is 0 Å². The molecule has 5 nitrogen and oxygen atoms in total. The summed E-state index contributed by atoms with van der Waals surface area (Å²) in [7, 11) is -3.83. The first-order chi connectivity index (χ1) is 12.4. The zero-order valence-corrected chi connectivity index (χ0v) is 15.4.